The molecule has 4 rings (SSSR count). The average molecular weight is 389 g/mol. The summed E-state index contributed by atoms with van der Waals surface area (Å²) in [5.74, 6) is -2.12. The second kappa shape index (κ2) is 7.91. The molecule has 0 aliphatic carbocycles. The first-order valence-electron chi connectivity index (χ1n) is 9.80. The number of carbonyl (C=O) groups is 1. The van der Waals surface area contributed by atoms with E-state index in [-0.39, 0.29) is 31.8 Å². The van der Waals surface area contributed by atoms with Gasteiger partial charge >= 0.3 is 0 Å². The second-order valence-electron chi connectivity index (χ2n) is 7.51. The summed E-state index contributed by atoms with van der Waals surface area (Å²) in [5.41, 5.74) is 1.26. The number of aromatic nitrogens is 1. The van der Waals surface area contributed by atoms with Gasteiger partial charge in [-0.25, -0.2) is 8.78 Å². The van der Waals surface area contributed by atoms with Gasteiger partial charge in [-0.05, 0) is 30.7 Å². The van der Waals surface area contributed by atoms with Gasteiger partial charge in [-0.2, -0.15) is 0 Å². The molecule has 2 aromatic rings. The standard InChI is InChI=1S/C21H25F2N3O2/c22-21(23)6-11-26(12-7-21)20(27)19-15-16-14-17(4-5-18(16)24-19)28-13-3-10-25-8-1-2-9-25/h1-2,4-5,14-15,24H,3,6-13H2. The predicted molar refractivity (Wildman–Crippen MR) is 104 cm³/mol. The van der Waals surface area contributed by atoms with Crippen LogP contribution >= 0.6 is 0 Å². The molecule has 2 aliphatic heterocycles. The van der Waals surface area contributed by atoms with E-state index < -0.39 is 5.92 Å². The van der Waals surface area contributed by atoms with Crippen LogP contribution in [0.1, 0.15) is 29.8 Å². The summed E-state index contributed by atoms with van der Waals surface area (Å²) in [6.45, 7) is 3.85. The Morgan fingerprint density at radius 3 is 2.64 bits per heavy atom. The zero-order valence-electron chi connectivity index (χ0n) is 15.8. The van der Waals surface area contributed by atoms with Crippen LogP contribution in [0.25, 0.3) is 10.9 Å². The van der Waals surface area contributed by atoms with Crippen LogP contribution in [-0.2, 0) is 0 Å². The highest BCUT2D eigenvalue weighted by Gasteiger charge is 2.36. The van der Waals surface area contributed by atoms with Gasteiger partial charge in [0, 0.05) is 56.5 Å². The monoisotopic (exact) mass is 389 g/mol. The highest BCUT2D eigenvalue weighted by Crippen LogP contribution is 2.29. The number of ether oxygens (including phenoxy) is 1. The number of hydrogen-bond acceptors (Lipinski definition) is 3. The summed E-state index contributed by atoms with van der Waals surface area (Å²) in [7, 11) is 0. The molecule has 5 nitrogen and oxygen atoms in total. The van der Waals surface area contributed by atoms with Crippen LogP contribution in [0.2, 0.25) is 0 Å². The Morgan fingerprint density at radius 1 is 1.14 bits per heavy atom. The fraction of sp³-hybridized carbons (Fsp3) is 0.476. The molecular formula is C21H25F2N3O2. The van der Waals surface area contributed by atoms with Gasteiger partial charge in [0.15, 0.2) is 0 Å². The number of piperidine rings is 1. The third-order valence-corrected chi connectivity index (χ3v) is 5.39. The van der Waals surface area contributed by atoms with E-state index in [0.717, 1.165) is 42.7 Å². The van der Waals surface area contributed by atoms with E-state index in [2.05, 4.69) is 22.0 Å². The minimum Gasteiger partial charge on any atom is -0.494 e. The van der Waals surface area contributed by atoms with Crippen molar-refractivity contribution in [1.82, 2.24) is 14.8 Å². The molecule has 1 N–H and O–H groups in total. The topological polar surface area (TPSA) is 48.6 Å². The summed E-state index contributed by atoms with van der Waals surface area (Å²) >= 11 is 0. The van der Waals surface area contributed by atoms with Crippen LogP contribution in [0.15, 0.2) is 36.4 Å². The number of nitrogens with zero attached hydrogens (tertiary/aromatic N) is 2. The number of rotatable bonds is 6. The maximum atomic E-state index is 13.3. The predicted octanol–water partition coefficient (Wildman–Crippen LogP) is 3.68. The lowest BCUT2D eigenvalue weighted by atomic mass is 10.1. The van der Waals surface area contributed by atoms with Crippen LogP contribution in [0.4, 0.5) is 8.78 Å². The fourth-order valence-electron chi connectivity index (χ4n) is 3.71. The lowest BCUT2D eigenvalue weighted by Gasteiger charge is -2.31. The second-order valence-corrected chi connectivity index (χ2v) is 7.51. The first-order valence-corrected chi connectivity index (χ1v) is 9.80. The molecule has 0 radical (unpaired) electrons. The van der Waals surface area contributed by atoms with Gasteiger partial charge < -0.3 is 14.6 Å². The van der Waals surface area contributed by atoms with Crippen LogP contribution < -0.4 is 4.74 Å². The summed E-state index contributed by atoms with van der Waals surface area (Å²) in [4.78, 5) is 19.6. The third kappa shape index (κ3) is 4.35. The number of aromatic amines is 1. The molecule has 28 heavy (non-hydrogen) atoms. The first-order chi connectivity index (χ1) is 13.5. The Morgan fingerprint density at radius 2 is 1.89 bits per heavy atom. The molecule has 0 atom stereocenters. The van der Waals surface area contributed by atoms with Crippen molar-refractivity contribution in [3.63, 3.8) is 0 Å². The van der Waals surface area contributed by atoms with E-state index >= 15 is 0 Å². The first kappa shape index (κ1) is 18.9. The molecule has 0 unspecified atom stereocenters. The number of nitrogens with one attached hydrogen (secondary N) is 1. The molecule has 3 heterocycles. The van der Waals surface area contributed by atoms with E-state index in [0.29, 0.717) is 12.3 Å². The molecule has 150 valence electrons. The zero-order valence-corrected chi connectivity index (χ0v) is 15.8. The van der Waals surface area contributed by atoms with Gasteiger partial charge in [-0.1, -0.05) is 12.2 Å². The zero-order chi connectivity index (χ0) is 19.6. The van der Waals surface area contributed by atoms with Gasteiger partial charge in [0.1, 0.15) is 11.4 Å². The molecule has 1 aromatic heterocycles. The van der Waals surface area contributed by atoms with Crippen molar-refractivity contribution in [3.8, 4) is 5.75 Å². The van der Waals surface area contributed by atoms with Gasteiger partial charge in [0.2, 0.25) is 0 Å². The Kier molecular flexibility index (Phi) is 5.35. The van der Waals surface area contributed by atoms with Crippen LogP contribution in [0.5, 0.6) is 5.75 Å². The number of alkyl halides is 2. The molecule has 1 amide bonds. The normalized spacial score (nSPS) is 19.4. The fourth-order valence-corrected chi connectivity index (χ4v) is 3.71. The molecule has 0 saturated carbocycles. The van der Waals surface area contributed by atoms with Crippen molar-refractivity contribution < 1.29 is 18.3 Å². The number of halogens is 2. The average Bonchev–Trinajstić information content (AvgIpc) is 3.34. The molecular weight excluding hydrogens is 364 g/mol. The van der Waals surface area contributed by atoms with E-state index in [4.69, 9.17) is 4.74 Å². The molecule has 0 bridgehead atoms. The molecule has 1 saturated heterocycles. The molecule has 1 fully saturated rings. The molecule has 1 aromatic carbocycles. The van der Waals surface area contributed by atoms with Crippen LogP contribution in [0.3, 0.4) is 0 Å². The van der Waals surface area contributed by atoms with E-state index in [9.17, 15) is 13.6 Å². The van der Waals surface area contributed by atoms with Gasteiger partial charge in [0.05, 0.1) is 6.61 Å². The van der Waals surface area contributed by atoms with Crippen molar-refractivity contribution in [2.75, 3.05) is 39.3 Å². The Labute approximate surface area is 162 Å². The smallest absolute Gasteiger partial charge is 0.270 e. The Bertz CT molecular complexity index is 860. The van der Waals surface area contributed by atoms with E-state index in [1.807, 2.05) is 18.2 Å². The van der Waals surface area contributed by atoms with Gasteiger partial charge in [-0.3, -0.25) is 9.69 Å². The number of benzene rings is 1. The van der Waals surface area contributed by atoms with Gasteiger partial charge in [0.25, 0.3) is 11.8 Å². The summed E-state index contributed by atoms with van der Waals surface area (Å²) in [5, 5.41) is 0.881. The minimum atomic E-state index is -2.66. The third-order valence-electron chi connectivity index (χ3n) is 5.39. The number of likely N-dealkylation sites (tertiary alicyclic amines) is 1. The largest absolute Gasteiger partial charge is 0.494 e. The van der Waals surface area contributed by atoms with Crippen LogP contribution in [-0.4, -0.2) is 65.9 Å². The summed E-state index contributed by atoms with van der Waals surface area (Å²) in [6.07, 6.45) is 4.76. The Hall–Kier alpha value is -2.41. The summed E-state index contributed by atoms with van der Waals surface area (Å²) in [6, 6.07) is 7.44. The molecule has 0 spiro atoms. The van der Waals surface area contributed by atoms with E-state index in [1.165, 1.54) is 4.90 Å². The van der Waals surface area contributed by atoms with Crippen molar-refractivity contribution in [3.05, 3.63) is 42.1 Å². The lowest BCUT2D eigenvalue weighted by molar-refractivity contribution is -0.0495. The number of hydrogen-bond donors (Lipinski definition) is 1. The Balaban J connectivity index is 1.34. The minimum absolute atomic E-state index is 0.0854. The molecule has 2 aliphatic rings. The number of amides is 1. The SMILES string of the molecule is O=C(c1cc2cc(OCCCN3CC=CC3)ccc2[nH]1)N1CCC(F)(F)CC1. The maximum Gasteiger partial charge on any atom is 0.270 e. The number of H-pyrrole nitrogens is 1. The van der Waals surface area contributed by atoms with Crippen molar-refractivity contribution in [2.45, 2.75) is 25.2 Å². The quantitative estimate of drug-likeness (QED) is 0.606. The van der Waals surface area contributed by atoms with E-state index in [1.54, 1.807) is 6.07 Å². The van der Waals surface area contributed by atoms with Crippen molar-refractivity contribution in [2.24, 2.45) is 0 Å². The molecule has 7 heteroatoms. The maximum absolute atomic E-state index is 13.3. The highest BCUT2D eigenvalue weighted by atomic mass is 19.3. The number of carbonyl (C=O) groups excluding carboxylic acids is 1. The number of fused-ring (bicyclic) bond motifs is 1. The van der Waals surface area contributed by atoms with Crippen molar-refractivity contribution >= 4 is 16.8 Å². The van der Waals surface area contributed by atoms with Gasteiger partial charge in [-0.15, -0.1) is 0 Å². The lowest BCUT2D eigenvalue weighted by Crippen LogP contribution is -2.42. The van der Waals surface area contributed by atoms with Crippen LogP contribution in [0, 0.1) is 0 Å². The van der Waals surface area contributed by atoms with Crippen molar-refractivity contribution in [1.29, 1.82) is 0 Å². The summed E-state index contributed by atoms with van der Waals surface area (Å²) < 4.78 is 32.5. The highest BCUT2D eigenvalue weighted by molar-refractivity contribution is 5.98.